The van der Waals surface area contributed by atoms with Gasteiger partial charge in [-0.05, 0) is 55.7 Å². The Morgan fingerprint density at radius 3 is 2.20 bits per heavy atom. The number of benzene rings is 3. The minimum Gasteiger partial charge on any atom is -0.350 e. The fraction of sp³-hybridized carbons (Fsp3) is 0.286. The number of rotatable bonds is 8. The van der Waals surface area contributed by atoms with Gasteiger partial charge in [-0.2, -0.15) is 0 Å². The molecule has 0 fully saturated rings. The molecule has 4 nitrogen and oxygen atoms in total. The molecular weight excluding hydrogens is 486 g/mol. The minimum atomic E-state index is -0.828. The number of nitrogens with one attached hydrogen (secondary N) is 1. The second kappa shape index (κ2) is 11.7. The smallest absolute Gasteiger partial charge is 0.243 e. The fourth-order valence-corrected chi connectivity index (χ4v) is 4.07. The van der Waals surface area contributed by atoms with Crippen molar-refractivity contribution in [2.24, 2.45) is 0 Å². The molecule has 184 valence electrons. The highest BCUT2D eigenvalue weighted by molar-refractivity contribution is 6.42. The van der Waals surface area contributed by atoms with Crippen LogP contribution in [0.4, 0.5) is 4.39 Å². The zero-order valence-corrected chi connectivity index (χ0v) is 21.5. The van der Waals surface area contributed by atoms with Crippen LogP contribution < -0.4 is 5.32 Å². The van der Waals surface area contributed by atoms with E-state index in [1.54, 1.807) is 36.4 Å². The summed E-state index contributed by atoms with van der Waals surface area (Å²) in [6, 6.07) is 19.9. The van der Waals surface area contributed by atoms with Crippen molar-refractivity contribution in [3.63, 3.8) is 0 Å². The maximum absolute atomic E-state index is 14.4. The van der Waals surface area contributed by atoms with Crippen molar-refractivity contribution in [2.45, 2.75) is 51.7 Å². The van der Waals surface area contributed by atoms with Gasteiger partial charge in [0, 0.05) is 18.5 Å². The second-order valence-electron chi connectivity index (χ2n) is 9.48. The van der Waals surface area contributed by atoms with E-state index in [2.05, 4.69) is 5.32 Å². The molecule has 35 heavy (non-hydrogen) atoms. The highest BCUT2D eigenvalue weighted by atomic mass is 35.5. The van der Waals surface area contributed by atoms with Crippen LogP contribution in [0.3, 0.4) is 0 Å². The Morgan fingerprint density at radius 2 is 1.57 bits per heavy atom. The monoisotopic (exact) mass is 514 g/mol. The number of hydrogen-bond acceptors (Lipinski definition) is 2. The first-order valence-corrected chi connectivity index (χ1v) is 12.1. The van der Waals surface area contributed by atoms with Gasteiger partial charge < -0.3 is 10.2 Å². The molecule has 7 heteroatoms. The SMILES string of the molecule is CC(C)(C)NC(=O)C(Cc1ccccc1)N(Cc1ccc(Cl)c(Cl)c1)C(=O)Cc1ccccc1F. The molecule has 0 aliphatic carbocycles. The molecule has 0 heterocycles. The van der Waals surface area contributed by atoms with Crippen molar-refractivity contribution in [1.82, 2.24) is 10.2 Å². The normalized spacial score (nSPS) is 12.2. The van der Waals surface area contributed by atoms with Crippen LogP contribution in [-0.4, -0.2) is 28.3 Å². The van der Waals surface area contributed by atoms with Crippen molar-refractivity contribution in [3.8, 4) is 0 Å². The first-order chi connectivity index (χ1) is 16.5. The molecule has 0 aliphatic heterocycles. The molecule has 0 saturated heterocycles. The van der Waals surface area contributed by atoms with Crippen LogP contribution >= 0.6 is 23.2 Å². The Balaban J connectivity index is 2.02. The highest BCUT2D eigenvalue weighted by Gasteiger charge is 2.32. The van der Waals surface area contributed by atoms with Gasteiger partial charge in [0.2, 0.25) is 11.8 Å². The zero-order chi connectivity index (χ0) is 25.6. The van der Waals surface area contributed by atoms with Crippen LogP contribution in [0.25, 0.3) is 0 Å². The Hall–Kier alpha value is -2.89. The lowest BCUT2D eigenvalue weighted by Gasteiger charge is -2.34. The Kier molecular flexibility index (Phi) is 8.92. The van der Waals surface area contributed by atoms with E-state index >= 15 is 0 Å². The van der Waals surface area contributed by atoms with Gasteiger partial charge in [0.25, 0.3) is 0 Å². The topological polar surface area (TPSA) is 49.4 Å². The van der Waals surface area contributed by atoms with Crippen molar-refractivity contribution in [1.29, 1.82) is 0 Å². The maximum Gasteiger partial charge on any atom is 0.243 e. The lowest BCUT2D eigenvalue weighted by molar-refractivity contribution is -0.141. The number of nitrogens with zero attached hydrogens (tertiary/aromatic N) is 1. The van der Waals surface area contributed by atoms with Crippen molar-refractivity contribution in [3.05, 3.63) is 105 Å². The summed E-state index contributed by atoms with van der Waals surface area (Å²) in [4.78, 5) is 28.7. The van der Waals surface area contributed by atoms with Gasteiger partial charge in [0.05, 0.1) is 16.5 Å². The molecule has 3 rings (SSSR count). The molecule has 0 aromatic heterocycles. The summed E-state index contributed by atoms with van der Waals surface area (Å²) in [5.41, 5.74) is 1.38. The molecule has 3 aromatic rings. The lowest BCUT2D eigenvalue weighted by atomic mass is 9.99. The maximum atomic E-state index is 14.4. The van der Waals surface area contributed by atoms with Gasteiger partial charge in [-0.15, -0.1) is 0 Å². The Bertz CT molecular complexity index is 1180. The number of carbonyl (C=O) groups excluding carboxylic acids is 2. The molecule has 1 N–H and O–H groups in total. The van der Waals surface area contributed by atoms with E-state index in [1.165, 1.54) is 11.0 Å². The first-order valence-electron chi connectivity index (χ1n) is 11.4. The molecule has 0 spiro atoms. The predicted molar refractivity (Wildman–Crippen MR) is 139 cm³/mol. The fourth-order valence-electron chi connectivity index (χ4n) is 3.75. The summed E-state index contributed by atoms with van der Waals surface area (Å²) in [5, 5.41) is 3.75. The molecule has 1 atom stereocenters. The molecule has 0 bridgehead atoms. The van der Waals surface area contributed by atoms with E-state index in [9.17, 15) is 14.0 Å². The Morgan fingerprint density at radius 1 is 0.914 bits per heavy atom. The van der Waals surface area contributed by atoms with Crippen LogP contribution in [-0.2, 0) is 29.0 Å². The van der Waals surface area contributed by atoms with Gasteiger partial charge in [0.15, 0.2) is 0 Å². The van der Waals surface area contributed by atoms with Gasteiger partial charge in [0.1, 0.15) is 11.9 Å². The van der Waals surface area contributed by atoms with Crippen LogP contribution in [0.2, 0.25) is 10.0 Å². The van der Waals surface area contributed by atoms with E-state index in [-0.39, 0.29) is 30.3 Å². The third-order valence-corrected chi connectivity index (χ3v) is 6.14. The van der Waals surface area contributed by atoms with E-state index < -0.39 is 17.4 Å². The Labute approximate surface area is 216 Å². The minimum absolute atomic E-state index is 0.110. The molecule has 0 radical (unpaired) electrons. The zero-order valence-electron chi connectivity index (χ0n) is 20.0. The molecule has 0 saturated carbocycles. The highest BCUT2D eigenvalue weighted by Crippen LogP contribution is 2.25. The lowest BCUT2D eigenvalue weighted by Crippen LogP contribution is -2.54. The van der Waals surface area contributed by atoms with Crippen LogP contribution in [0.15, 0.2) is 72.8 Å². The van der Waals surface area contributed by atoms with Crippen molar-refractivity contribution >= 4 is 35.0 Å². The number of carbonyl (C=O) groups is 2. The van der Waals surface area contributed by atoms with Gasteiger partial charge in [-0.1, -0.05) is 77.8 Å². The number of amides is 2. The van der Waals surface area contributed by atoms with E-state index in [1.807, 2.05) is 51.1 Å². The van der Waals surface area contributed by atoms with Crippen LogP contribution in [0.1, 0.15) is 37.5 Å². The molecule has 3 aromatic carbocycles. The van der Waals surface area contributed by atoms with E-state index in [0.29, 0.717) is 22.0 Å². The first kappa shape index (κ1) is 26.7. The average molecular weight is 515 g/mol. The molecule has 0 aliphatic rings. The third kappa shape index (κ3) is 7.81. The third-order valence-electron chi connectivity index (χ3n) is 5.41. The summed E-state index contributed by atoms with van der Waals surface area (Å²) >= 11 is 12.3. The summed E-state index contributed by atoms with van der Waals surface area (Å²) < 4.78 is 14.4. The number of hydrogen-bond donors (Lipinski definition) is 1. The summed E-state index contributed by atoms with van der Waals surface area (Å²) in [6.07, 6.45) is 0.120. The average Bonchev–Trinajstić information content (AvgIpc) is 2.79. The van der Waals surface area contributed by atoms with E-state index in [4.69, 9.17) is 23.2 Å². The predicted octanol–water partition coefficient (Wildman–Crippen LogP) is 6.23. The van der Waals surface area contributed by atoms with E-state index in [0.717, 1.165) is 5.56 Å². The van der Waals surface area contributed by atoms with Crippen LogP contribution in [0.5, 0.6) is 0 Å². The number of halogens is 3. The standard InChI is InChI=1S/C28H29Cl2FN2O2/c1-28(2,3)32-27(35)25(16-19-9-5-4-6-10-19)33(18-20-13-14-22(29)23(30)15-20)26(34)17-21-11-7-8-12-24(21)31/h4-15,25H,16-18H2,1-3H3,(H,32,35). The van der Waals surface area contributed by atoms with Gasteiger partial charge in [-0.3, -0.25) is 9.59 Å². The molecular formula is C28H29Cl2FN2O2. The summed E-state index contributed by atoms with van der Waals surface area (Å²) in [7, 11) is 0. The van der Waals surface area contributed by atoms with Crippen molar-refractivity contribution in [2.75, 3.05) is 0 Å². The molecule has 1 unspecified atom stereocenters. The summed E-state index contributed by atoms with van der Waals surface area (Å²) in [6.45, 7) is 5.76. The van der Waals surface area contributed by atoms with Gasteiger partial charge >= 0.3 is 0 Å². The second-order valence-corrected chi connectivity index (χ2v) is 10.3. The summed E-state index contributed by atoms with van der Waals surface area (Å²) in [5.74, 6) is -1.12. The quantitative estimate of drug-likeness (QED) is 0.387. The van der Waals surface area contributed by atoms with Crippen molar-refractivity contribution < 1.29 is 14.0 Å². The van der Waals surface area contributed by atoms with Crippen LogP contribution in [0, 0.1) is 5.82 Å². The van der Waals surface area contributed by atoms with Gasteiger partial charge in [-0.25, -0.2) is 4.39 Å². The largest absolute Gasteiger partial charge is 0.350 e. The molecule has 2 amide bonds.